The van der Waals surface area contributed by atoms with Crippen LogP contribution in [0.25, 0.3) is 0 Å². The largest absolute Gasteiger partial charge is 0.310 e. The average molecular weight is 236 g/mol. The number of halogens is 1. The van der Waals surface area contributed by atoms with Crippen molar-refractivity contribution < 1.29 is 9.18 Å². The van der Waals surface area contributed by atoms with Gasteiger partial charge in [0.15, 0.2) is 0 Å². The molecular formula is C11H9FN2OS. The molecule has 0 spiro atoms. The van der Waals surface area contributed by atoms with Crippen LogP contribution in [-0.2, 0) is 11.2 Å². The van der Waals surface area contributed by atoms with Gasteiger partial charge in [-0.05, 0) is 34.5 Å². The lowest BCUT2D eigenvalue weighted by Gasteiger charge is -2.02. The molecular weight excluding hydrogens is 227 g/mol. The van der Waals surface area contributed by atoms with Crippen molar-refractivity contribution in [3.05, 3.63) is 46.5 Å². The van der Waals surface area contributed by atoms with Crippen LogP contribution in [0, 0.1) is 5.82 Å². The molecule has 3 nitrogen and oxygen atoms in total. The molecule has 0 atom stereocenters. The number of anilines is 1. The Morgan fingerprint density at radius 2 is 2.31 bits per heavy atom. The van der Waals surface area contributed by atoms with Gasteiger partial charge in [-0.1, -0.05) is 0 Å². The zero-order valence-electron chi connectivity index (χ0n) is 8.31. The van der Waals surface area contributed by atoms with Crippen LogP contribution in [0.3, 0.4) is 0 Å². The molecule has 16 heavy (non-hydrogen) atoms. The first-order valence-corrected chi connectivity index (χ1v) is 5.61. The summed E-state index contributed by atoms with van der Waals surface area (Å²) in [6, 6.07) is 4.58. The fraction of sp³-hybridized carbons (Fsp3) is 0.0909. The summed E-state index contributed by atoms with van der Waals surface area (Å²) in [6.45, 7) is 0. The maximum absolute atomic E-state index is 12.6. The van der Waals surface area contributed by atoms with Gasteiger partial charge in [-0.3, -0.25) is 4.79 Å². The Morgan fingerprint density at radius 1 is 1.44 bits per heavy atom. The zero-order valence-corrected chi connectivity index (χ0v) is 9.13. The summed E-state index contributed by atoms with van der Waals surface area (Å²) in [5.74, 6) is -0.213. The molecule has 0 aliphatic rings. The second-order valence-electron chi connectivity index (χ2n) is 3.22. The Balaban J connectivity index is 1.95. The lowest BCUT2D eigenvalue weighted by atomic mass is 10.2. The van der Waals surface area contributed by atoms with Crippen LogP contribution in [0.4, 0.5) is 10.2 Å². The molecule has 2 rings (SSSR count). The Morgan fingerprint density at radius 3 is 2.94 bits per heavy atom. The Kier molecular flexibility index (Phi) is 3.26. The summed E-state index contributed by atoms with van der Waals surface area (Å²) >= 11 is 1.54. The van der Waals surface area contributed by atoms with E-state index in [1.54, 1.807) is 11.3 Å². The summed E-state index contributed by atoms with van der Waals surface area (Å²) in [7, 11) is 0. The second kappa shape index (κ2) is 4.85. The van der Waals surface area contributed by atoms with Gasteiger partial charge >= 0.3 is 0 Å². The quantitative estimate of drug-likeness (QED) is 0.889. The minimum Gasteiger partial charge on any atom is -0.310 e. The van der Waals surface area contributed by atoms with Crippen molar-refractivity contribution in [2.75, 3.05) is 5.32 Å². The van der Waals surface area contributed by atoms with Gasteiger partial charge in [0.05, 0.1) is 12.6 Å². The molecule has 0 aliphatic heterocycles. The normalized spacial score (nSPS) is 10.1. The lowest BCUT2D eigenvalue weighted by Crippen LogP contribution is -2.14. The first-order valence-electron chi connectivity index (χ1n) is 4.66. The molecule has 0 unspecified atom stereocenters. The summed E-state index contributed by atoms with van der Waals surface area (Å²) in [5.41, 5.74) is 0.963. The number of nitrogens with one attached hydrogen (secondary N) is 1. The first-order chi connectivity index (χ1) is 7.74. The van der Waals surface area contributed by atoms with E-state index in [0.29, 0.717) is 12.2 Å². The fourth-order valence-corrected chi connectivity index (χ4v) is 1.88. The SMILES string of the molecule is O=C(Cc1ccsc1)Nc1ccc(F)cn1. The molecule has 2 aromatic heterocycles. The van der Waals surface area contributed by atoms with Crippen LogP contribution in [0.2, 0.25) is 0 Å². The summed E-state index contributed by atoms with van der Waals surface area (Å²) in [4.78, 5) is 15.3. The van der Waals surface area contributed by atoms with Crippen molar-refractivity contribution >= 4 is 23.1 Å². The van der Waals surface area contributed by atoms with E-state index < -0.39 is 5.82 Å². The van der Waals surface area contributed by atoms with Gasteiger partial charge in [-0.2, -0.15) is 11.3 Å². The molecule has 1 N–H and O–H groups in total. The Bertz CT molecular complexity index is 467. The van der Waals surface area contributed by atoms with Crippen molar-refractivity contribution in [2.45, 2.75) is 6.42 Å². The van der Waals surface area contributed by atoms with Crippen LogP contribution >= 0.6 is 11.3 Å². The number of nitrogens with zero attached hydrogens (tertiary/aromatic N) is 1. The number of hydrogen-bond acceptors (Lipinski definition) is 3. The van der Waals surface area contributed by atoms with Crippen LogP contribution in [0.5, 0.6) is 0 Å². The summed E-state index contributed by atoms with van der Waals surface area (Å²) < 4.78 is 12.6. The van der Waals surface area contributed by atoms with Gasteiger partial charge in [0, 0.05) is 0 Å². The van der Waals surface area contributed by atoms with Crippen molar-refractivity contribution in [2.24, 2.45) is 0 Å². The minimum atomic E-state index is -0.421. The molecule has 1 amide bonds. The van der Waals surface area contributed by atoms with Crippen molar-refractivity contribution in [1.82, 2.24) is 4.98 Å². The molecule has 0 aliphatic carbocycles. The third-order valence-corrected chi connectivity index (χ3v) is 2.67. The summed E-state index contributed by atoms with van der Waals surface area (Å²) in [5, 5.41) is 6.43. The molecule has 2 heterocycles. The predicted molar refractivity (Wildman–Crippen MR) is 60.8 cm³/mol. The number of rotatable bonds is 3. The zero-order chi connectivity index (χ0) is 11.4. The highest BCUT2D eigenvalue weighted by atomic mass is 32.1. The van der Waals surface area contributed by atoms with E-state index in [2.05, 4.69) is 10.3 Å². The van der Waals surface area contributed by atoms with Crippen LogP contribution in [-0.4, -0.2) is 10.9 Å². The molecule has 0 aromatic carbocycles. The van der Waals surface area contributed by atoms with E-state index in [1.807, 2.05) is 16.8 Å². The Hall–Kier alpha value is -1.75. The highest BCUT2D eigenvalue weighted by Crippen LogP contribution is 2.08. The summed E-state index contributed by atoms with van der Waals surface area (Å²) in [6.07, 6.45) is 1.38. The van der Waals surface area contributed by atoms with Gasteiger partial charge in [0.1, 0.15) is 11.6 Å². The number of thiophene rings is 1. The highest BCUT2D eigenvalue weighted by Gasteiger charge is 2.04. The minimum absolute atomic E-state index is 0.155. The Labute approximate surface area is 96.0 Å². The predicted octanol–water partition coefficient (Wildman–Crippen LogP) is 2.46. The van der Waals surface area contributed by atoms with E-state index in [9.17, 15) is 9.18 Å². The van der Waals surface area contributed by atoms with Crippen molar-refractivity contribution in [3.63, 3.8) is 0 Å². The smallest absolute Gasteiger partial charge is 0.229 e. The topological polar surface area (TPSA) is 42.0 Å². The fourth-order valence-electron chi connectivity index (χ4n) is 1.22. The molecule has 2 aromatic rings. The second-order valence-corrected chi connectivity index (χ2v) is 4.00. The number of carbonyl (C=O) groups excluding carboxylic acids is 1. The lowest BCUT2D eigenvalue weighted by molar-refractivity contribution is -0.115. The van der Waals surface area contributed by atoms with Crippen LogP contribution in [0.1, 0.15) is 5.56 Å². The third kappa shape index (κ3) is 2.87. The molecule has 0 bridgehead atoms. The number of carbonyl (C=O) groups is 1. The molecule has 0 saturated carbocycles. The maximum Gasteiger partial charge on any atom is 0.229 e. The number of hydrogen-bond donors (Lipinski definition) is 1. The maximum atomic E-state index is 12.6. The molecule has 0 radical (unpaired) electrons. The van der Waals surface area contributed by atoms with Gasteiger partial charge < -0.3 is 5.32 Å². The van der Waals surface area contributed by atoms with E-state index in [-0.39, 0.29) is 5.91 Å². The van der Waals surface area contributed by atoms with Crippen LogP contribution < -0.4 is 5.32 Å². The van der Waals surface area contributed by atoms with Gasteiger partial charge in [-0.25, -0.2) is 9.37 Å². The van der Waals surface area contributed by atoms with Gasteiger partial charge in [0.25, 0.3) is 0 Å². The molecule has 0 fully saturated rings. The molecule has 5 heteroatoms. The average Bonchev–Trinajstić information content (AvgIpc) is 2.74. The highest BCUT2D eigenvalue weighted by molar-refractivity contribution is 7.08. The number of pyridine rings is 1. The van der Waals surface area contributed by atoms with Crippen LogP contribution in [0.15, 0.2) is 35.2 Å². The molecule has 0 saturated heterocycles. The van der Waals surface area contributed by atoms with Crippen molar-refractivity contribution in [3.8, 4) is 0 Å². The van der Waals surface area contributed by atoms with E-state index in [4.69, 9.17) is 0 Å². The van der Waals surface area contributed by atoms with Gasteiger partial charge in [0.2, 0.25) is 5.91 Å². The van der Waals surface area contributed by atoms with E-state index in [0.717, 1.165) is 11.8 Å². The van der Waals surface area contributed by atoms with Gasteiger partial charge in [-0.15, -0.1) is 0 Å². The third-order valence-electron chi connectivity index (χ3n) is 1.94. The number of aromatic nitrogens is 1. The van der Waals surface area contributed by atoms with Crippen molar-refractivity contribution in [1.29, 1.82) is 0 Å². The monoisotopic (exact) mass is 236 g/mol. The van der Waals surface area contributed by atoms with E-state index >= 15 is 0 Å². The first kappa shape index (κ1) is 10.8. The standard InChI is InChI=1S/C11H9FN2OS/c12-9-1-2-10(13-6-9)14-11(15)5-8-3-4-16-7-8/h1-4,6-7H,5H2,(H,13,14,15). The van der Waals surface area contributed by atoms with E-state index in [1.165, 1.54) is 12.1 Å². The molecule has 82 valence electrons. The number of amides is 1.